The number of rotatable bonds is 8. The van der Waals surface area contributed by atoms with E-state index in [4.69, 9.17) is 4.74 Å². The second-order valence-corrected chi connectivity index (χ2v) is 11.2. The van der Waals surface area contributed by atoms with Gasteiger partial charge in [-0.1, -0.05) is 84.9 Å². The zero-order chi connectivity index (χ0) is 23.8. The van der Waals surface area contributed by atoms with Crippen molar-refractivity contribution in [2.75, 3.05) is 13.7 Å². The lowest BCUT2D eigenvalue weighted by molar-refractivity contribution is -0.139. The fourth-order valence-electron chi connectivity index (χ4n) is 4.26. The molecule has 4 rings (SSSR count). The Morgan fingerprint density at radius 2 is 1.09 bits per heavy atom. The minimum absolute atomic E-state index is 0. The first-order chi connectivity index (χ1) is 16.7. The summed E-state index contributed by atoms with van der Waals surface area (Å²) in [6.07, 6.45) is 1.93. The van der Waals surface area contributed by atoms with E-state index in [1.165, 1.54) is 0 Å². The van der Waals surface area contributed by atoms with Crippen LogP contribution in [-0.4, -0.2) is 24.3 Å². The van der Waals surface area contributed by atoms with Gasteiger partial charge in [0, 0.05) is 7.05 Å². The van der Waals surface area contributed by atoms with Crippen molar-refractivity contribution >= 4 is 35.4 Å². The maximum Gasteiger partial charge on any atom is 0.358 e. The van der Waals surface area contributed by atoms with Gasteiger partial charge in [-0.2, -0.15) is 0 Å². The Bertz CT molecular complexity index is 1140. The van der Waals surface area contributed by atoms with E-state index >= 15 is 0 Å². The highest BCUT2D eigenvalue weighted by molar-refractivity contribution is 7.93. The molecule has 0 radical (unpaired) electrons. The molecule has 0 saturated carbocycles. The third-order valence-corrected chi connectivity index (χ3v) is 10.0. The Morgan fingerprint density at radius 1 is 0.714 bits per heavy atom. The van der Waals surface area contributed by atoms with E-state index in [2.05, 4.69) is 77.5 Å². The lowest BCUT2D eigenvalue weighted by Crippen LogP contribution is -3.00. The molecule has 0 spiro atoms. The summed E-state index contributed by atoms with van der Waals surface area (Å²) in [5.74, 6) is -0.332. The lowest BCUT2D eigenvalue weighted by atomic mass is 10.2. The van der Waals surface area contributed by atoms with E-state index in [1.807, 2.05) is 68.6 Å². The number of benzene rings is 4. The topological polar surface area (TPSA) is 29.5 Å². The number of esters is 1. The van der Waals surface area contributed by atoms with Gasteiger partial charge in [0.2, 0.25) is 7.41 Å². The van der Waals surface area contributed by atoms with Crippen molar-refractivity contribution in [2.24, 2.45) is 0 Å². The zero-order valence-corrected chi connectivity index (χ0v) is 23.0. The Labute approximate surface area is 225 Å². The molecule has 178 valence electrons. The summed E-state index contributed by atoms with van der Waals surface area (Å²) in [5.41, 5.74) is 1.47. The van der Waals surface area contributed by atoms with Gasteiger partial charge in [0.05, 0.1) is 6.61 Å². The van der Waals surface area contributed by atoms with Crippen LogP contribution in [-0.2, 0) is 9.53 Å². The molecule has 0 amide bonds. The van der Waals surface area contributed by atoms with Crippen molar-refractivity contribution in [1.82, 2.24) is 4.67 Å². The summed E-state index contributed by atoms with van der Waals surface area (Å²) in [6.45, 7) is 2.15. The maximum atomic E-state index is 13.4. The fraction of sp³-hybridized carbons (Fsp3) is 0.100. The number of hydrogen-bond donors (Lipinski definition) is 0. The average molecular weight is 593 g/mol. The standard InChI is InChI=1S/C30H29NO2P.HI/c1-3-33-30(32)29(24-25-16-8-4-9-17-25)31(2)34(26-18-10-5-11-19-26,27-20-12-6-13-21-27)28-22-14-7-15-23-28;/h4-24H,3H2,1-2H3;1H/q+1;/p-1/b29-24-;. The number of nitrogens with zero attached hydrogens (tertiary/aromatic N) is 1. The van der Waals surface area contributed by atoms with Gasteiger partial charge in [-0.25, -0.2) is 9.46 Å². The summed E-state index contributed by atoms with van der Waals surface area (Å²) in [4.78, 5) is 13.4. The number of halogens is 1. The zero-order valence-electron chi connectivity index (χ0n) is 19.9. The number of hydrogen-bond acceptors (Lipinski definition) is 3. The number of carbonyl (C=O) groups excluding carboxylic acids is 1. The number of carbonyl (C=O) groups is 1. The predicted octanol–water partition coefficient (Wildman–Crippen LogP) is 2.44. The van der Waals surface area contributed by atoms with Crippen LogP contribution in [0.5, 0.6) is 0 Å². The van der Waals surface area contributed by atoms with Crippen LogP contribution in [0.15, 0.2) is 127 Å². The molecule has 0 aliphatic carbocycles. The second-order valence-electron chi connectivity index (χ2n) is 7.83. The number of likely N-dealkylation sites (N-methyl/N-ethyl adjacent to an activating group) is 1. The van der Waals surface area contributed by atoms with E-state index in [0.29, 0.717) is 12.3 Å². The van der Waals surface area contributed by atoms with Crippen LogP contribution in [0.4, 0.5) is 0 Å². The fourth-order valence-corrected chi connectivity index (χ4v) is 8.46. The normalized spacial score (nSPS) is 11.3. The molecule has 4 aromatic carbocycles. The molecule has 0 N–H and O–H groups in total. The van der Waals surface area contributed by atoms with Crippen LogP contribution in [0.1, 0.15) is 12.5 Å². The lowest BCUT2D eigenvalue weighted by Gasteiger charge is -2.36. The van der Waals surface area contributed by atoms with Crippen LogP contribution >= 0.6 is 7.41 Å². The SMILES string of the molecule is CCOC(=O)/C(=C/c1ccccc1)N(C)[P+](c1ccccc1)(c1ccccc1)c1ccccc1.[I-]. The quantitative estimate of drug-likeness (QED) is 0.136. The monoisotopic (exact) mass is 593 g/mol. The molecule has 0 bridgehead atoms. The number of ether oxygens (including phenoxy) is 1. The van der Waals surface area contributed by atoms with Crippen LogP contribution in [0.2, 0.25) is 0 Å². The van der Waals surface area contributed by atoms with Gasteiger partial charge in [0.1, 0.15) is 15.9 Å². The smallest absolute Gasteiger partial charge is 0.358 e. The first-order valence-corrected chi connectivity index (χ1v) is 13.2. The van der Waals surface area contributed by atoms with Crippen molar-refractivity contribution in [3.8, 4) is 0 Å². The van der Waals surface area contributed by atoms with Crippen molar-refractivity contribution in [3.05, 3.63) is 133 Å². The van der Waals surface area contributed by atoms with Crippen LogP contribution < -0.4 is 39.9 Å². The molecule has 4 aromatic rings. The highest BCUT2D eigenvalue weighted by Gasteiger charge is 2.52. The summed E-state index contributed by atoms with van der Waals surface area (Å²) in [5, 5.41) is 3.49. The second kappa shape index (κ2) is 12.7. The highest BCUT2D eigenvalue weighted by atomic mass is 127. The Morgan fingerprint density at radius 3 is 1.46 bits per heavy atom. The molecule has 35 heavy (non-hydrogen) atoms. The molecular weight excluding hydrogens is 564 g/mol. The molecule has 0 aliphatic rings. The molecule has 0 heterocycles. The Kier molecular flexibility index (Phi) is 9.64. The van der Waals surface area contributed by atoms with Gasteiger partial charge >= 0.3 is 5.97 Å². The van der Waals surface area contributed by atoms with Crippen molar-refractivity contribution in [1.29, 1.82) is 0 Å². The van der Waals surface area contributed by atoms with Crippen LogP contribution in [0.25, 0.3) is 6.08 Å². The third kappa shape index (κ3) is 5.66. The third-order valence-electron chi connectivity index (χ3n) is 5.78. The first kappa shape index (κ1) is 26.7. The molecule has 0 fully saturated rings. The molecule has 0 aromatic heterocycles. The van der Waals surface area contributed by atoms with Gasteiger partial charge in [-0.15, -0.1) is 0 Å². The molecule has 3 nitrogen and oxygen atoms in total. The molecule has 0 saturated heterocycles. The summed E-state index contributed by atoms with van der Waals surface area (Å²) in [6, 6.07) is 41.4. The largest absolute Gasteiger partial charge is 1.00 e. The molecule has 0 atom stereocenters. The van der Waals surface area contributed by atoms with Crippen LogP contribution in [0.3, 0.4) is 0 Å². The van der Waals surface area contributed by atoms with Gasteiger partial charge in [0.15, 0.2) is 5.70 Å². The van der Waals surface area contributed by atoms with Crippen molar-refractivity contribution < 1.29 is 33.5 Å². The van der Waals surface area contributed by atoms with E-state index in [9.17, 15) is 4.79 Å². The van der Waals surface area contributed by atoms with Crippen molar-refractivity contribution in [2.45, 2.75) is 6.92 Å². The maximum absolute atomic E-state index is 13.4. The van der Waals surface area contributed by atoms with Crippen LogP contribution in [0, 0.1) is 0 Å². The highest BCUT2D eigenvalue weighted by Crippen LogP contribution is 2.59. The summed E-state index contributed by atoms with van der Waals surface area (Å²) >= 11 is 0. The van der Waals surface area contributed by atoms with E-state index < -0.39 is 7.41 Å². The molecule has 5 heteroatoms. The predicted molar refractivity (Wildman–Crippen MR) is 144 cm³/mol. The van der Waals surface area contributed by atoms with E-state index in [-0.39, 0.29) is 29.9 Å². The molecular formula is C30H29INO2P. The Hall–Kier alpha value is -2.95. The van der Waals surface area contributed by atoms with E-state index in [0.717, 1.165) is 21.5 Å². The van der Waals surface area contributed by atoms with Gasteiger partial charge in [-0.3, -0.25) is 0 Å². The minimum Gasteiger partial charge on any atom is -1.00 e. The summed E-state index contributed by atoms with van der Waals surface area (Å²) < 4.78 is 7.73. The van der Waals surface area contributed by atoms with E-state index in [1.54, 1.807) is 0 Å². The Balaban J connectivity index is 0.00000342. The molecule has 0 unspecified atom stereocenters. The average Bonchev–Trinajstić information content (AvgIpc) is 2.90. The van der Waals surface area contributed by atoms with Gasteiger partial charge < -0.3 is 28.7 Å². The van der Waals surface area contributed by atoms with Gasteiger partial charge in [-0.05, 0) is 55.0 Å². The minimum atomic E-state index is -2.45. The first-order valence-electron chi connectivity index (χ1n) is 11.4. The molecule has 0 aliphatic heterocycles. The van der Waals surface area contributed by atoms with Crippen molar-refractivity contribution in [3.63, 3.8) is 0 Å². The van der Waals surface area contributed by atoms with Gasteiger partial charge in [0.25, 0.3) is 0 Å². The summed E-state index contributed by atoms with van der Waals surface area (Å²) in [7, 11) is -0.430.